The van der Waals surface area contributed by atoms with Crippen LogP contribution in [-0.4, -0.2) is 25.0 Å². The van der Waals surface area contributed by atoms with Gasteiger partial charge in [0.2, 0.25) is 5.91 Å². The maximum Gasteiger partial charge on any atom is 0.220 e. The third-order valence-corrected chi connectivity index (χ3v) is 5.15. The fourth-order valence-corrected chi connectivity index (χ4v) is 3.83. The van der Waals surface area contributed by atoms with Crippen molar-refractivity contribution in [3.63, 3.8) is 0 Å². The van der Waals surface area contributed by atoms with Crippen molar-refractivity contribution in [2.24, 2.45) is 0 Å². The first-order chi connectivity index (χ1) is 11.6. The molecule has 2 heterocycles. The average molecular weight is 387 g/mol. The summed E-state index contributed by atoms with van der Waals surface area (Å²) in [5, 5.41) is 10.3. The molecule has 3 rings (SSSR count). The van der Waals surface area contributed by atoms with E-state index in [1.807, 2.05) is 16.8 Å². The number of hydrogen-bond acceptors (Lipinski definition) is 3. The van der Waals surface area contributed by atoms with Gasteiger partial charge in [0.05, 0.1) is 0 Å². The van der Waals surface area contributed by atoms with Gasteiger partial charge in [-0.15, -0.1) is 12.4 Å². The standard InChI is InChI=1S/C18H20F2N2OS.ClH/c19-15-3-2-13(9-16(15)20)14-5-7-21-10-17(14)22-18(23)4-1-12-6-8-24-11-12;/h2-3,6,8-9,11,14,17,21H,1,4-5,7,10H2,(H,22,23);1H. The van der Waals surface area contributed by atoms with Crippen LogP contribution in [0.25, 0.3) is 0 Å². The number of carbonyl (C=O) groups excluding carboxylic acids is 1. The van der Waals surface area contributed by atoms with Crippen LogP contribution < -0.4 is 10.6 Å². The molecule has 1 aromatic carbocycles. The molecule has 25 heavy (non-hydrogen) atoms. The lowest BCUT2D eigenvalue weighted by molar-refractivity contribution is -0.122. The number of piperidine rings is 1. The highest BCUT2D eigenvalue weighted by atomic mass is 35.5. The number of aryl methyl sites for hydroxylation is 1. The molecule has 7 heteroatoms. The van der Waals surface area contributed by atoms with Crippen LogP contribution in [0.15, 0.2) is 35.0 Å². The van der Waals surface area contributed by atoms with E-state index in [0.717, 1.165) is 30.2 Å². The van der Waals surface area contributed by atoms with Crippen LogP contribution >= 0.6 is 23.7 Å². The van der Waals surface area contributed by atoms with E-state index in [-0.39, 0.29) is 30.3 Å². The van der Waals surface area contributed by atoms with Gasteiger partial charge in [0, 0.05) is 24.9 Å². The Labute approximate surface area is 156 Å². The minimum atomic E-state index is -0.843. The van der Waals surface area contributed by atoms with Crippen molar-refractivity contribution in [3.05, 3.63) is 57.8 Å². The first kappa shape index (κ1) is 19.8. The van der Waals surface area contributed by atoms with Crippen LogP contribution in [0, 0.1) is 11.6 Å². The molecule has 2 atom stereocenters. The molecule has 2 N–H and O–H groups in total. The number of nitrogens with one attached hydrogen (secondary N) is 2. The van der Waals surface area contributed by atoms with E-state index in [9.17, 15) is 13.6 Å². The fourth-order valence-electron chi connectivity index (χ4n) is 3.12. The molecule has 0 aliphatic carbocycles. The first-order valence-corrected chi connectivity index (χ1v) is 9.04. The highest BCUT2D eigenvalue weighted by Gasteiger charge is 2.28. The minimum Gasteiger partial charge on any atom is -0.351 e. The second kappa shape index (κ2) is 9.27. The molecule has 1 fully saturated rings. The van der Waals surface area contributed by atoms with Crippen molar-refractivity contribution >= 4 is 29.7 Å². The molecule has 0 bridgehead atoms. The van der Waals surface area contributed by atoms with Crippen LogP contribution in [0.2, 0.25) is 0 Å². The second-order valence-electron chi connectivity index (χ2n) is 6.08. The van der Waals surface area contributed by atoms with Crippen LogP contribution in [0.1, 0.15) is 29.9 Å². The largest absolute Gasteiger partial charge is 0.351 e. The molecule has 1 aliphatic heterocycles. The number of amides is 1. The van der Waals surface area contributed by atoms with Crippen molar-refractivity contribution in [2.45, 2.75) is 31.2 Å². The summed E-state index contributed by atoms with van der Waals surface area (Å²) in [5.41, 5.74) is 1.90. The predicted molar refractivity (Wildman–Crippen MR) is 98.4 cm³/mol. The minimum absolute atomic E-state index is 0. The molecule has 2 aromatic rings. The van der Waals surface area contributed by atoms with Gasteiger partial charge in [-0.05, 0) is 59.5 Å². The summed E-state index contributed by atoms with van der Waals surface area (Å²) in [7, 11) is 0. The van der Waals surface area contributed by atoms with Crippen molar-refractivity contribution in [1.29, 1.82) is 0 Å². The SMILES string of the molecule is Cl.O=C(CCc1ccsc1)NC1CNCCC1c1ccc(F)c(F)c1. The zero-order valence-corrected chi connectivity index (χ0v) is 15.3. The first-order valence-electron chi connectivity index (χ1n) is 8.09. The zero-order valence-electron chi connectivity index (χ0n) is 13.6. The number of halogens is 3. The Morgan fingerprint density at radius 2 is 2.12 bits per heavy atom. The monoisotopic (exact) mass is 386 g/mol. The maximum absolute atomic E-state index is 13.5. The zero-order chi connectivity index (χ0) is 16.9. The molecule has 3 nitrogen and oxygen atoms in total. The fraction of sp³-hybridized carbons (Fsp3) is 0.389. The lowest BCUT2D eigenvalue weighted by Crippen LogP contribution is -2.50. The van der Waals surface area contributed by atoms with Gasteiger partial charge in [0.25, 0.3) is 0 Å². The van der Waals surface area contributed by atoms with E-state index in [1.165, 1.54) is 6.07 Å². The van der Waals surface area contributed by atoms with Gasteiger partial charge >= 0.3 is 0 Å². The summed E-state index contributed by atoms with van der Waals surface area (Å²) in [6, 6.07) is 5.92. The summed E-state index contributed by atoms with van der Waals surface area (Å²) < 4.78 is 26.7. The lowest BCUT2D eigenvalue weighted by Gasteiger charge is -2.33. The van der Waals surface area contributed by atoms with Gasteiger partial charge in [-0.25, -0.2) is 8.78 Å². The number of rotatable bonds is 5. The lowest BCUT2D eigenvalue weighted by atomic mass is 9.86. The molecule has 1 aromatic heterocycles. The Hall–Kier alpha value is -1.50. The summed E-state index contributed by atoms with van der Waals surface area (Å²) in [5.74, 6) is -1.70. The van der Waals surface area contributed by atoms with Crippen molar-refractivity contribution in [3.8, 4) is 0 Å². The van der Waals surface area contributed by atoms with Crippen molar-refractivity contribution in [1.82, 2.24) is 10.6 Å². The quantitative estimate of drug-likeness (QED) is 0.823. The molecule has 1 aliphatic rings. The molecule has 0 saturated carbocycles. The summed E-state index contributed by atoms with van der Waals surface area (Å²) in [4.78, 5) is 12.2. The van der Waals surface area contributed by atoms with E-state index in [4.69, 9.17) is 0 Å². The smallest absolute Gasteiger partial charge is 0.220 e. The second-order valence-corrected chi connectivity index (χ2v) is 6.86. The molecule has 1 amide bonds. The van der Waals surface area contributed by atoms with E-state index in [1.54, 1.807) is 17.4 Å². The number of hydrogen-bond donors (Lipinski definition) is 2. The van der Waals surface area contributed by atoms with E-state index < -0.39 is 11.6 Å². The Kier molecular flexibility index (Phi) is 7.35. The molecular formula is C18H21ClF2N2OS. The highest BCUT2D eigenvalue weighted by Crippen LogP contribution is 2.27. The van der Waals surface area contributed by atoms with E-state index in [0.29, 0.717) is 19.4 Å². The normalized spacial score (nSPS) is 19.9. The third kappa shape index (κ3) is 5.23. The average Bonchev–Trinajstić information content (AvgIpc) is 3.10. The van der Waals surface area contributed by atoms with Gasteiger partial charge in [-0.1, -0.05) is 6.07 Å². The molecule has 136 valence electrons. The van der Waals surface area contributed by atoms with E-state index in [2.05, 4.69) is 10.6 Å². The molecule has 1 saturated heterocycles. The highest BCUT2D eigenvalue weighted by molar-refractivity contribution is 7.07. The van der Waals surface area contributed by atoms with Gasteiger partial charge in [-0.3, -0.25) is 4.79 Å². The van der Waals surface area contributed by atoms with Gasteiger partial charge in [0.1, 0.15) is 0 Å². The van der Waals surface area contributed by atoms with Gasteiger partial charge in [0.15, 0.2) is 11.6 Å². The van der Waals surface area contributed by atoms with Crippen LogP contribution in [-0.2, 0) is 11.2 Å². The molecular weight excluding hydrogens is 366 g/mol. The Morgan fingerprint density at radius 3 is 2.84 bits per heavy atom. The molecule has 0 spiro atoms. The van der Waals surface area contributed by atoms with E-state index >= 15 is 0 Å². The topological polar surface area (TPSA) is 41.1 Å². The summed E-state index contributed by atoms with van der Waals surface area (Å²) >= 11 is 1.62. The van der Waals surface area contributed by atoms with Crippen molar-refractivity contribution in [2.75, 3.05) is 13.1 Å². The predicted octanol–water partition coefficient (Wildman–Crippen LogP) is 3.64. The maximum atomic E-state index is 13.5. The molecule has 2 unspecified atom stereocenters. The van der Waals surface area contributed by atoms with Crippen LogP contribution in [0.5, 0.6) is 0 Å². The van der Waals surface area contributed by atoms with Crippen LogP contribution in [0.4, 0.5) is 8.78 Å². The summed E-state index contributed by atoms with van der Waals surface area (Å²) in [6.45, 7) is 1.43. The number of carbonyl (C=O) groups is 1. The number of thiophene rings is 1. The Bertz CT molecular complexity index is 696. The number of benzene rings is 1. The third-order valence-electron chi connectivity index (χ3n) is 4.42. The van der Waals surface area contributed by atoms with Gasteiger partial charge < -0.3 is 10.6 Å². The molecule has 0 radical (unpaired) electrons. The van der Waals surface area contributed by atoms with Gasteiger partial charge in [-0.2, -0.15) is 11.3 Å². The van der Waals surface area contributed by atoms with Crippen molar-refractivity contribution < 1.29 is 13.6 Å². The van der Waals surface area contributed by atoms with Crippen LogP contribution in [0.3, 0.4) is 0 Å². The summed E-state index contributed by atoms with van der Waals surface area (Å²) in [6.07, 6.45) is 1.92. The Morgan fingerprint density at radius 1 is 1.28 bits per heavy atom. The Balaban J connectivity index is 0.00000225.